The molecular weight excluding hydrogens is 222 g/mol. The molecule has 1 saturated heterocycles. The lowest BCUT2D eigenvalue weighted by Gasteiger charge is -2.37. The van der Waals surface area contributed by atoms with Gasteiger partial charge >= 0.3 is 0 Å². The lowest BCUT2D eigenvalue weighted by molar-refractivity contribution is 0.0406. The number of likely N-dealkylation sites (tertiary alicyclic amines) is 1. The Bertz CT molecular complexity index is 392. The Balaban J connectivity index is 1.59. The topological polar surface area (TPSA) is 23.5 Å². The van der Waals surface area contributed by atoms with E-state index in [-0.39, 0.29) is 6.10 Å². The fourth-order valence-corrected chi connectivity index (χ4v) is 3.58. The first kappa shape index (κ1) is 12.2. The van der Waals surface area contributed by atoms with E-state index in [0.29, 0.717) is 6.04 Å². The summed E-state index contributed by atoms with van der Waals surface area (Å²) in [5.41, 5.74) is 3.10. The number of aliphatic hydroxyl groups is 1. The zero-order chi connectivity index (χ0) is 12.5. The molecule has 1 aromatic rings. The van der Waals surface area contributed by atoms with Gasteiger partial charge in [-0.3, -0.25) is 0 Å². The number of hydrogen-bond donors (Lipinski definition) is 1. The molecular formula is C16H23NO. The van der Waals surface area contributed by atoms with Gasteiger partial charge in [0.2, 0.25) is 0 Å². The van der Waals surface area contributed by atoms with E-state index >= 15 is 0 Å². The summed E-state index contributed by atoms with van der Waals surface area (Å²) in [6.45, 7) is 4.52. The molecule has 0 spiro atoms. The van der Waals surface area contributed by atoms with Crippen LogP contribution < -0.4 is 0 Å². The first-order valence-electron chi connectivity index (χ1n) is 7.21. The molecule has 2 heteroatoms. The maximum absolute atomic E-state index is 9.67. The minimum Gasteiger partial charge on any atom is -0.393 e. The predicted octanol–water partition coefficient (Wildman–Crippen LogP) is 2.25. The van der Waals surface area contributed by atoms with Gasteiger partial charge < -0.3 is 10.0 Å². The second kappa shape index (κ2) is 5.02. The smallest absolute Gasteiger partial charge is 0.0567 e. The predicted molar refractivity (Wildman–Crippen MR) is 73.6 cm³/mol. The van der Waals surface area contributed by atoms with Crippen LogP contribution in [0.1, 0.15) is 30.9 Å². The van der Waals surface area contributed by atoms with Crippen LogP contribution in [0.4, 0.5) is 0 Å². The van der Waals surface area contributed by atoms with E-state index in [1.54, 1.807) is 11.1 Å². The molecule has 1 aliphatic heterocycles. The van der Waals surface area contributed by atoms with Crippen molar-refractivity contribution in [3.8, 4) is 0 Å². The molecule has 18 heavy (non-hydrogen) atoms. The summed E-state index contributed by atoms with van der Waals surface area (Å²) in [4.78, 5) is 2.57. The van der Waals surface area contributed by atoms with Crippen molar-refractivity contribution in [2.45, 2.75) is 44.8 Å². The lowest BCUT2D eigenvalue weighted by atomic mass is 9.97. The molecule has 1 fully saturated rings. The number of aliphatic hydroxyl groups excluding tert-OH is 1. The van der Waals surface area contributed by atoms with Gasteiger partial charge in [0, 0.05) is 19.1 Å². The molecule has 0 aromatic heterocycles. The maximum atomic E-state index is 9.67. The highest BCUT2D eigenvalue weighted by Gasteiger charge is 2.28. The van der Waals surface area contributed by atoms with Crippen molar-refractivity contribution in [1.82, 2.24) is 4.90 Å². The average molecular weight is 245 g/mol. The lowest BCUT2D eigenvalue weighted by Crippen LogP contribution is -2.44. The third kappa shape index (κ3) is 2.45. The fraction of sp³-hybridized carbons (Fsp3) is 0.625. The van der Waals surface area contributed by atoms with Crippen LogP contribution in [-0.4, -0.2) is 35.2 Å². The van der Waals surface area contributed by atoms with Crippen LogP contribution >= 0.6 is 0 Å². The standard InChI is InChI=1S/C16H23NO/c1-12-8-16(18)6-7-17(12)11-13-9-14-4-2-3-5-15(14)10-13/h2-5,12-13,16,18H,6-11H2,1H3. The average Bonchev–Trinajstić information content (AvgIpc) is 2.75. The summed E-state index contributed by atoms with van der Waals surface area (Å²) >= 11 is 0. The minimum atomic E-state index is -0.0722. The van der Waals surface area contributed by atoms with Crippen LogP contribution in [0.15, 0.2) is 24.3 Å². The summed E-state index contributed by atoms with van der Waals surface area (Å²) in [6.07, 6.45) is 4.30. The van der Waals surface area contributed by atoms with Gasteiger partial charge in [-0.25, -0.2) is 0 Å². The zero-order valence-corrected chi connectivity index (χ0v) is 11.2. The van der Waals surface area contributed by atoms with Crippen molar-refractivity contribution in [1.29, 1.82) is 0 Å². The number of piperidine rings is 1. The van der Waals surface area contributed by atoms with Crippen molar-refractivity contribution >= 4 is 0 Å². The Morgan fingerprint density at radius 1 is 1.22 bits per heavy atom. The van der Waals surface area contributed by atoms with E-state index in [4.69, 9.17) is 0 Å². The Morgan fingerprint density at radius 3 is 2.50 bits per heavy atom. The van der Waals surface area contributed by atoms with Crippen LogP contribution in [0.3, 0.4) is 0 Å². The minimum absolute atomic E-state index is 0.0722. The van der Waals surface area contributed by atoms with Gasteiger partial charge in [0.15, 0.2) is 0 Å². The molecule has 1 aromatic carbocycles. The second-order valence-corrected chi connectivity index (χ2v) is 6.07. The Kier molecular flexibility index (Phi) is 3.40. The maximum Gasteiger partial charge on any atom is 0.0567 e. The summed E-state index contributed by atoms with van der Waals surface area (Å²) in [6, 6.07) is 9.40. The Morgan fingerprint density at radius 2 is 1.89 bits per heavy atom. The van der Waals surface area contributed by atoms with Gasteiger partial charge in [0.1, 0.15) is 0 Å². The van der Waals surface area contributed by atoms with Crippen molar-refractivity contribution in [2.75, 3.05) is 13.1 Å². The Hall–Kier alpha value is -0.860. The molecule has 2 unspecified atom stereocenters. The third-order valence-electron chi connectivity index (χ3n) is 4.61. The molecule has 1 aliphatic carbocycles. The van der Waals surface area contributed by atoms with E-state index < -0.39 is 0 Å². The highest BCUT2D eigenvalue weighted by molar-refractivity contribution is 5.32. The molecule has 0 saturated carbocycles. The van der Waals surface area contributed by atoms with Crippen LogP contribution in [0, 0.1) is 5.92 Å². The van der Waals surface area contributed by atoms with Crippen LogP contribution in [-0.2, 0) is 12.8 Å². The van der Waals surface area contributed by atoms with Gasteiger partial charge in [-0.2, -0.15) is 0 Å². The van der Waals surface area contributed by atoms with E-state index in [0.717, 1.165) is 25.3 Å². The molecule has 1 N–H and O–H groups in total. The number of benzene rings is 1. The number of fused-ring (bicyclic) bond motifs is 1. The van der Waals surface area contributed by atoms with Crippen molar-refractivity contribution in [3.05, 3.63) is 35.4 Å². The van der Waals surface area contributed by atoms with Gasteiger partial charge in [-0.05, 0) is 49.7 Å². The first-order chi connectivity index (χ1) is 8.72. The molecule has 2 atom stereocenters. The van der Waals surface area contributed by atoms with E-state index in [1.165, 1.54) is 19.4 Å². The SMILES string of the molecule is CC1CC(O)CCN1CC1Cc2ccccc2C1. The van der Waals surface area contributed by atoms with Crippen LogP contribution in [0.2, 0.25) is 0 Å². The molecule has 1 heterocycles. The van der Waals surface area contributed by atoms with E-state index in [9.17, 15) is 5.11 Å². The van der Waals surface area contributed by atoms with Crippen LogP contribution in [0.5, 0.6) is 0 Å². The molecule has 0 amide bonds. The first-order valence-corrected chi connectivity index (χ1v) is 7.21. The largest absolute Gasteiger partial charge is 0.393 e. The monoisotopic (exact) mass is 245 g/mol. The summed E-state index contributed by atoms with van der Waals surface area (Å²) < 4.78 is 0. The summed E-state index contributed by atoms with van der Waals surface area (Å²) in [5, 5.41) is 9.67. The number of hydrogen-bond acceptors (Lipinski definition) is 2. The molecule has 2 nitrogen and oxygen atoms in total. The number of nitrogens with zero attached hydrogens (tertiary/aromatic N) is 1. The number of rotatable bonds is 2. The fourth-order valence-electron chi connectivity index (χ4n) is 3.58. The molecule has 3 rings (SSSR count). The summed E-state index contributed by atoms with van der Waals surface area (Å²) in [5.74, 6) is 0.778. The molecule has 0 bridgehead atoms. The van der Waals surface area contributed by atoms with Gasteiger partial charge in [0.05, 0.1) is 6.10 Å². The van der Waals surface area contributed by atoms with Gasteiger partial charge in [-0.1, -0.05) is 24.3 Å². The normalized spacial score (nSPS) is 29.4. The quantitative estimate of drug-likeness (QED) is 0.864. The third-order valence-corrected chi connectivity index (χ3v) is 4.61. The summed E-state index contributed by atoms with van der Waals surface area (Å²) in [7, 11) is 0. The van der Waals surface area contributed by atoms with E-state index in [2.05, 4.69) is 36.1 Å². The van der Waals surface area contributed by atoms with Gasteiger partial charge in [-0.15, -0.1) is 0 Å². The van der Waals surface area contributed by atoms with Crippen molar-refractivity contribution in [3.63, 3.8) is 0 Å². The van der Waals surface area contributed by atoms with Crippen LogP contribution in [0.25, 0.3) is 0 Å². The molecule has 2 aliphatic rings. The van der Waals surface area contributed by atoms with Gasteiger partial charge in [0.25, 0.3) is 0 Å². The Labute approximate surface area is 110 Å². The second-order valence-electron chi connectivity index (χ2n) is 6.07. The zero-order valence-electron chi connectivity index (χ0n) is 11.2. The van der Waals surface area contributed by atoms with Crippen molar-refractivity contribution < 1.29 is 5.11 Å². The van der Waals surface area contributed by atoms with Crippen molar-refractivity contribution in [2.24, 2.45) is 5.92 Å². The highest BCUT2D eigenvalue weighted by atomic mass is 16.3. The van der Waals surface area contributed by atoms with E-state index in [1.807, 2.05) is 0 Å². The molecule has 98 valence electrons. The molecule has 0 radical (unpaired) electrons. The highest BCUT2D eigenvalue weighted by Crippen LogP contribution is 2.28.